The quantitative estimate of drug-likeness (QED) is 0.657. The molecule has 1 fully saturated rings. The molecule has 108 valence electrons. The van der Waals surface area contributed by atoms with Crippen molar-refractivity contribution in [3.8, 4) is 0 Å². The van der Waals surface area contributed by atoms with E-state index in [1.165, 1.54) is 23.1 Å². The van der Waals surface area contributed by atoms with E-state index in [4.69, 9.17) is 11.6 Å². The lowest BCUT2D eigenvalue weighted by atomic mass is 10.1. The average Bonchev–Trinajstić information content (AvgIpc) is 2.47. The summed E-state index contributed by atoms with van der Waals surface area (Å²) in [6, 6.07) is 3.96. The van der Waals surface area contributed by atoms with Gasteiger partial charge in [0, 0.05) is 12.1 Å². The molecule has 7 heteroatoms. The molecule has 0 atom stereocenters. The second-order valence-corrected chi connectivity index (χ2v) is 5.22. The lowest BCUT2D eigenvalue weighted by Crippen LogP contribution is -3.14. The highest BCUT2D eigenvalue weighted by atomic mass is 35.5. The Morgan fingerprint density at radius 2 is 2.10 bits per heavy atom. The van der Waals surface area contributed by atoms with Crippen molar-refractivity contribution in [3.63, 3.8) is 0 Å². The zero-order valence-corrected chi connectivity index (χ0v) is 12.0. The van der Waals surface area contributed by atoms with Crippen LogP contribution >= 0.6 is 11.6 Å². The van der Waals surface area contributed by atoms with Crippen LogP contribution in [0.2, 0.25) is 5.02 Å². The number of non-ortho nitro benzene ring substituents is 1. The Morgan fingerprint density at radius 3 is 2.65 bits per heavy atom. The van der Waals surface area contributed by atoms with E-state index in [0.29, 0.717) is 13.1 Å². The van der Waals surface area contributed by atoms with E-state index in [1.807, 2.05) is 0 Å². The van der Waals surface area contributed by atoms with E-state index in [9.17, 15) is 14.9 Å². The highest BCUT2D eigenvalue weighted by Gasteiger charge is 2.26. The number of nitro groups is 1. The van der Waals surface area contributed by atoms with Crippen LogP contribution < -0.4 is 4.90 Å². The van der Waals surface area contributed by atoms with Gasteiger partial charge in [-0.05, 0) is 13.0 Å². The van der Waals surface area contributed by atoms with Crippen LogP contribution in [-0.4, -0.2) is 48.5 Å². The van der Waals surface area contributed by atoms with E-state index in [-0.39, 0.29) is 22.2 Å². The molecule has 1 aromatic carbocycles. The maximum atomic E-state index is 12.4. The monoisotopic (exact) mass is 298 g/mol. The molecule has 0 unspecified atom stereocenters. The topological polar surface area (TPSA) is 67.9 Å². The van der Waals surface area contributed by atoms with Gasteiger partial charge in [-0.2, -0.15) is 0 Å². The molecule has 1 N–H and O–H groups in total. The number of halogens is 1. The van der Waals surface area contributed by atoms with Gasteiger partial charge in [0.1, 0.15) is 0 Å². The number of carbonyl (C=O) groups excluding carboxylic acids is 1. The molecule has 6 nitrogen and oxygen atoms in total. The first-order chi connectivity index (χ1) is 9.52. The van der Waals surface area contributed by atoms with Gasteiger partial charge in [0.2, 0.25) is 0 Å². The van der Waals surface area contributed by atoms with Crippen molar-refractivity contribution < 1.29 is 14.6 Å². The molecule has 0 aromatic heterocycles. The second-order valence-electron chi connectivity index (χ2n) is 4.82. The average molecular weight is 299 g/mol. The first-order valence-electron chi connectivity index (χ1n) is 6.59. The third kappa shape index (κ3) is 3.08. The van der Waals surface area contributed by atoms with Crippen LogP contribution in [0.4, 0.5) is 5.69 Å². The summed E-state index contributed by atoms with van der Waals surface area (Å²) in [5, 5.41) is 11.0. The Morgan fingerprint density at radius 1 is 1.45 bits per heavy atom. The number of nitrogens with zero attached hydrogens (tertiary/aromatic N) is 2. The van der Waals surface area contributed by atoms with Crippen molar-refractivity contribution in [2.45, 2.75) is 6.92 Å². The van der Waals surface area contributed by atoms with Gasteiger partial charge in [0.05, 0.1) is 48.2 Å². The molecule has 1 aliphatic heterocycles. The minimum Gasteiger partial charge on any atom is -0.332 e. The number of nitrogens with one attached hydrogen (secondary N) is 1. The Hall–Kier alpha value is -1.66. The summed E-state index contributed by atoms with van der Waals surface area (Å²) < 4.78 is 0. The zero-order valence-electron chi connectivity index (χ0n) is 11.3. The molecule has 1 heterocycles. The maximum Gasteiger partial charge on any atom is 0.270 e. The normalized spacial score (nSPS) is 16.2. The van der Waals surface area contributed by atoms with E-state index < -0.39 is 4.92 Å². The van der Waals surface area contributed by atoms with E-state index in [1.54, 1.807) is 4.90 Å². The standard InChI is InChI=1S/C13H16ClN3O3/c1-2-15-5-7-16(8-6-15)13(18)11-9-10(17(19)20)3-4-12(11)14/h3-4,9H,2,5-8H2,1H3/p+1. The summed E-state index contributed by atoms with van der Waals surface area (Å²) in [5.41, 5.74) is 0.0939. The molecule has 0 aliphatic carbocycles. The predicted molar refractivity (Wildman–Crippen MR) is 75.2 cm³/mol. The summed E-state index contributed by atoms with van der Waals surface area (Å²) in [4.78, 5) is 25.8. The van der Waals surface area contributed by atoms with Gasteiger partial charge in [-0.25, -0.2) is 0 Å². The molecule has 0 spiro atoms. The number of piperazine rings is 1. The van der Waals surface area contributed by atoms with Crippen molar-refractivity contribution in [3.05, 3.63) is 38.9 Å². The molecule has 0 radical (unpaired) electrons. The van der Waals surface area contributed by atoms with Crippen LogP contribution in [0.15, 0.2) is 18.2 Å². The number of rotatable bonds is 3. The van der Waals surface area contributed by atoms with Gasteiger partial charge in [-0.3, -0.25) is 14.9 Å². The summed E-state index contributed by atoms with van der Waals surface area (Å²) >= 11 is 6.00. The Kier molecular flexibility index (Phi) is 4.57. The predicted octanol–water partition coefficient (Wildman–Crippen LogP) is 0.609. The number of amides is 1. The molecule has 1 aliphatic rings. The van der Waals surface area contributed by atoms with E-state index >= 15 is 0 Å². The molecule has 1 aromatic rings. The number of nitro benzene ring substituents is 1. The highest BCUT2D eigenvalue weighted by molar-refractivity contribution is 6.33. The van der Waals surface area contributed by atoms with E-state index in [0.717, 1.165) is 19.6 Å². The maximum absolute atomic E-state index is 12.4. The largest absolute Gasteiger partial charge is 0.332 e. The number of hydrogen-bond acceptors (Lipinski definition) is 3. The molecule has 2 rings (SSSR count). The Labute approximate surface area is 122 Å². The lowest BCUT2D eigenvalue weighted by Gasteiger charge is -2.31. The molecular weight excluding hydrogens is 282 g/mol. The number of carbonyl (C=O) groups is 1. The second kappa shape index (κ2) is 6.19. The fourth-order valence-electron chi connectivity index (χ4n) is 2.34. The third-order valence-electron chi connectivity index (χ3n) is 3.65. The van der Waals surface area contributed by atoms with Gasteiger partial charge < -0.3 is 9.80 Å². The number of quaternary nitrogens is 1. The van der Waals surface area contributed by atoms with Crippen LogP contribution in [0, 0.1) is 10.1 Å². The summed E-state index contributed by atoms with van der Waals surface area (Å²) in [5.74, 6) is -0.228. The number of benzene rings is 1. The van der Waals surface area contributed by atoms with Crippen LogP contribution in [0.5, 0.6) is 0 Å². The number of hydrogen-bond donors (Lipinski definition) is 1. The summed E-state index contributed by atoms with van der Waals surface area (Å²) in [6.45, 7) is 6.26. The molecule has 0 bridgehead atoms. The first kappa shape index (κ1) is 14.7. The SMILES string of the molecule is CC[NH+]1CCN(C(=O)c2cc([N+](=O)[O-])ccc2Cl)CC1. The van der Waals surface area contributed by atoms with Gasteiger partial charge >= 0.3 is 0 Å². The molecule has 20 heavy (non-hydrogen) atoms. The first-order valence-corrected chi connectivity index (χ1v) is 6.97. The van der Waals surface area contributed by atoms with E-state index in [2.05, 4.69) is 6.92 Å². The summed E-state index contributed by atoms with van der Waals surface area (Å²) in [7, 11) is 0. The minimum absolute atomic E-state index is 0.115. The summed E-state index contributed by atoms with van der Waals surface area (Å²) in [6.07, 6.45) is 0. The van der Waals surface area contributed by atoms with Gasteiger partial charge in [-0.1, -0.05) is 11.6 Å². The molecule has 1 saturated heterocycles. The van der Waals surface area contributed by atoms with Crippen molar-refractivity contribution in [2.75, 3.05) is 32.7 Å². The smallest absolute Gasteiger partial charge is 0.270 e. The van der Waals surface area contributed by atoms with Crippen LogP contribution in [0.25, 0.3) is 0 Å². The van der Waals surface area contributed by atoms with Crippen LogP contribution in [0.1, 0.15) is 17.3 Å². The number of likely N-dealkylation sites (N-methyl/N-ethyl adjacent to an activating group) is 1. The van der Waals surface area contributed by atoms with Crippen molar-refractivity contribution in [1.82, 2.24) is 4.90 Å². The zero-order chi connectivity index (χ0) is 14.7. The molecule has 0 saturated carbocycles. The van der Waals surface area contributed by atoms with Crippen molar-refractivity contribution in [2.24, 2.45) is 0 Å². The molecular formula is C13H17ClN3O3+. The Balaban J connectivity index is 2.17. The lowest BCUT2D eigenvalue weighted by molar-refractivity contribution is -0.902. The van der Waals surface area contributed by atoms with Gasteiger partial charge in [0.25, 0.3) is 11.6 Å². The highest BCUT2D eigenvalue weighted by Crippen LogP contribution is 2.23. The van der Waals surface area contributed by atoms with Crippen molar-refractivity contribution in [1.29, 1.82) is 0 Å². The van der Waals surface area contributed by atoms with Crippen LogP contribution in [0.3, 0.4) is 0 Å². The third-order valence-corrected chi connectivity index (χ3v) is 3.98. The van der Waals surface area contributed by atoms with Gasteiger partial charge in [0.15, 0.2) is 0 Å². The minimum atomic E-state index is -0.522. The fraction of sp³-hybridized carbons (Fsp3) is 0.462. The Bertz CT molecular complexity index is 528. The van der Waals surface area contributed by atoms with Crippen LogP contribution in [-0.2, 0) is 0 Å². The molecule has 1 amide bonds. The van der Waals surface area contributed by atoms with Crippen molar-refractivity contribution >= 4 is 23.2 Å². The van der Waals surface area contributed by atoms with Gasteiger partial charge in [-0.15, -0.1) is 0 Å². The fourth-order valence-corrected chi connectivity index (χ4v) is 2.54.